The zero-order chi connectivity index (χ0) is 13.0. The topological polar surface area (TPSA) is 58.8 Å². The van der Waals surface area contributed by atoms with Crippen LogP contribution < -0.4 is 4.74 Å². The van der Waals surface area contributed by atoms with Gasteiger partial charge in [-0.05, 0) is 24.3 Å². The Morgan fingerprint density at radius 2 is 2.06 bits per heavy atom. The normalized spacial score (nSPS) is 11.6. The molecule has 0 N–H and O–H groups in total. The van der Waals surface area contributed by atoms with Crippen LogP contribution in [0.5, 0.6) is 5.75 Å². The molecule has 0 saturated heterocycles. The van der Waals surface area contributed by atoms with E-state index in [1.807, 2.05) is 18.2 Å². The number of aromatic nitrogens is 2. The fourth-order valence-electron chi connectivity index (χ4n) is 1.66. The summed E-state index contributed by atoms with van der Waals surface area (Å²) in [5.41, 5.74) is 0.751. The van der Waals surface area contributed by atoms with Gasteiger partial charge in [-0.1, -0.05) is 15.9 Å². The summed E-state index contributed by atoms with van der Waals surface area (Å²) in [6, 6.07) is 9.46. The second kappa shape index (κ2) is 5.61. The maximum absolute atomic E-state index is 9.34. The molecule has 0 spiro atoms. The molecule has 0 aliphatic carbocycles. The molecule has 0 saturated carbocycles. The van der Waals surface area contributed by atoms with Crippen molar-refractivity contribution < 1.29 is 4.74 Å². The summed E-state index contributed by atoms with van der Waals surface area (Å²) in [5.74, 6) is 0.576. The second-order valence-electron chi connectivity index (χ2n) is 3.56. The Kier molecular flexibility index (Phi) is 3.90. The lowest BCUT2D eigenvalue weighted by Gasteiger charge is -2.12. The van der Waals surface area contributed by atoms with Crippen LogP contribution in [0.2, 0.25) is 0 Å². The van der Waals surface area contributed by atoms with Gasteiger partial charge in [-0.3, -0.25) is 0 Å². The number of hydrogen-bond acceptors (Lipinski definition) is 4. The molecule has 5 heteroatoms. The lowest BCUT2D eigenvalue weighted by Crippen LogP contribution is -2.05. The van der Waals surface area contributed by atoms with Crippen LogP contribution in [0, 0.1) is 11.3 Å². The fraction of sp³-hybridized carbons (Fsp3) is 0.154. The lowest BCUT2D eigenvalue weighted by atomic mass is 9.99. The molecule has 0 fully saturated rings. The van der Waals surface area contributed by atoms with Crippen molar-refractivity contribution in [3.05, 3.63) is 52.5 Å². The first-order chi connectivity index (χ1) is 8.76. The van der Waals surface area contributed by atoms with Gasteiger partial charge in [-0.15, -0.1) is 0 Å². The Morgan fingerprint density at radius 1 is 1.33 bits per heavy atom. The maximum atomic E-state index is 9.34. The van der Waals surface area contributed by atoms with E-state index < -0.39 is 5.92 Å². The summed E-state index contributed by atoms with van der Waals surface area (Å²) in [6.07, 6.45) is 3.24. The molecule has 2 aromatic rings. The average Bonchev–Trinajstić information content (AvgIpc) is 2.41. The van der Waals surface area contributed by atoms with Crippen LogP contribution >= 0.6 is 15.9 Å². The number of benzene rings is 1. The number of ether oxygens (including phenoxy) is 1. The molecule has 1 aromatic carbocycles. The van der Waals surface area contributed by atoms with E-state index in [1.54, 1.807) is 25.6 Å². The van der Waals surface area contributed by atoms with Crippen molar-refractivity contribution in [1.29, 1.82) is 5.26 Å². The van der Waals surface area contributed by atoms with Gasteiger partial charge in [-0.25, -0.2) is 9.97 Å². The zero-order valence-electron chi connectivity index (χ0n) is 9.67. The Balaban J connectivity index is 2.52. The van der Waals surface area contributed by atoms with Crippen molar-refractivity contribution >= 4 is 15.9 Å². The SMILES string of the molecule is COc1ccc(Br)cc1C(C#N)c1ncccn1. The van der Waals surface area contributed by atoms with Gasteiger partial charge >= 0.3 is 0 Å². The summed E-state index contributed by atoms with van der Waals surface area (Å²) in [6.45, 7) is 0. The minimum absolute atomic E-state index is 0.469. The quantitative estimate of drug-likeness (QED) is 0.875. The molecule has 90 valence electrons. The third-order valence-electron chi connectivity index (χ3n) is 2.48. The van der Waals surface area contributed by atoms with Gasteiger partial charge in [0, 0.05) is 22.4 Å². The highest BCUT2D eigenvalue weighted by molar-refractivity contribution is 9.10. The smallest absolute Gasteiger partial charge is 0.149 e. The molecule has 2 rings (SSSR count). The van der Waals surface area contributed by atoms with E-state index in [2.05, 4.69) is 32.0 Å². The van der Waals surface area contributed by atoms with Crippen LogP contribution in [0.15, 0.2) is 41.1 Å². The number of halogens is 1. The van der Waals surface area contributed by atoms with Gasteiger partial charge in [0.15, 0.2) is 0 Å². The molecule has 1 unspecified atom stereocenters. The number of methoxy groups -OCH3 is 1. The molecule has 1 heterocycles. The van der Waals surface area contributed by atoms with Crippen LogP contribution in [0.1, 0.15) is 17.3 Å². The highest BCUT2D eigenvalue weighted by atomic mass is 79.9. The molecule has 18 heavy (non-hydrogen) atoms. The summed E-state index contributed by atoms with van der Waals surface area (Å²) in [4.78, 5) is 8.25. The first-order valence-electron chi connectivity index (χ1n) is 5.26. The van der Waals surface area contributed by atoms with E-state index in [4.69, 9.17) is 4.74 Å². The third kappa shape index (κ3) is 2.49. The van der Waals surface area contributed by atoms with Gasteiger partial charge in [0.05, 0.1) is 13.2 Å². The highest BCUT2D eigenvalue weighted by Gasteiger charge is 2.20. The number of nitrogens with zero attached hydrogens (tertiary/aromatic N) is 3. The number of nitriles is 1. The Labute approximate surface area is 113 Å². The highest BCUT2D eigenvalue weighted by Crippen LogP contribution is 2.32. The molecule has 0 aliphatic rings. The van der Waals surface area contributed by atoms with Crippen molar-refractivity contribution in [3.8, 4) is 11.8 Å². The van der Waals surface area contributed by atoms with Gasteiger partial charge in [-0.2, -0.15) is 5.26 Å². The standard InChI is InChI=1S/C13H10BrN3O/c1-18-12-4-3-9(14)7-10(12)11(8-15)13-16-5-2-6-17-13/h2-7,11H,1H3. The minimum atomic E-state index is -0.543. The molecule has 0 aliphatic heterocycles. The van der Waals surface area contributed by atoms with E-state index in [-0.39, 0.29) is 0 Å². The van der Waals surface area contributed by atoms with E-state index in [0.717, 1.165) is 10.0 Å². The minimum Gasteiger partial charge on any atom is -0.496 e. The summed E-state index contributed by atoms with van der Waals surface area (Å²) < 4.78 is 6.16. The molecular formula is C13H10BrN3O. The van der Waals surface area contributed by atoms with Crippen LogP contribution in [0.4, 0.5) is 0 Å². The number of rotatable bonds is 3. The fourth-order valence-corrected chi connectivity index (χ4v) is 2.04. The second-order valence-corrected chi connectivity index (χ2v) is 4.47. The summed E-state index contributed by atoms with van der Waals surface area (Å²) >= 11 is 3.39. The Hall–Kier alpha value is -1.93. The van der Waals surface area contributed by atoms with Crippen LogP contribution in [-0.4, -0.2) is 17.1 Å². The van der Waals surface area contributed by atoms with Crippen LogP contribution in [0.25, 0.3) is 0 Å². The van der Waals surface area contributed by atoms with Gasteiger partial charge in [0.25, 0.3) is 0 Å². The largest absolute Gasteiger partial charge is 0.496 e. The Morgan fingerprint density at radius 3 is 2.67 bits per heavy atom. The van der Waals surface area contributed by atoms with Crippen LogP contribution in [-0.2, 0) is 0 Å². The van der Waals surface area contributed by atoms with Crippen molar-refractivity contribution in [2.75, 3.05) is 7.11 Å². The first kappa shape index (κ1) is 12.5. The third-order valence-corrected chi connectivity index (χ3v) is 2.97. The predicted octanol–water partition coefficient (Wildman–Crippen LogP) is 2.90. The molecule has 0 bridgehead atoms. The predicted molar refractivity (Wildman–Crippen MR) is 70.2 cm³/mol. The van der Waals surface area contributed by atoms with E-state index in [9.17, 15) is 5.26 Å². The average molecular weight is 304 g/mol. The molecule has 0 amide bonds. The molecule has 1 atom stereocenters. The van der Waals surface area contributed by atoms with Crippen molar-refractivity contribution in [2.45, 2.75) is 5.92 Å². The summed E-state index contributed by atoms with van der Waals surface area (Å²) in [7, 11) is 1.58. The van der Waals surface area contributed by atoms with Gasteiger partial charge < -0.3 is 4.74 Å². The Bertz CT molecular complexity index is 581. The molecule has 4 nitrogen and oxygen atoms in total. The van der Waals surface area contributed by atoms with E-state index in [0.29, 0.717) is 11.6 Å². The summed E-state index contributed by atoms with van der Waals surface area (Å²) in [5, 5.41) is 9.34. The first-order valence-corrected chi connectivity index (χ1v) is 6.05. The zero-order valence-corrected chi connectivity index (χ0v) is 11.3. The monoisotopic (exact) mass is 303 g/mol. The van der Waals surface area contributed by atoms with E-state index in [1.165, 1.54) is 0 Å². The van der Waals surface area contributed by atoms with Gasteiger partial charge in [0.2, 0.25) is 0 Å². The van der Waals surface area contributed by atoms with Crippen molar-refractivity contribution in [2.24, 2.45) is 0 Å². The van der Waals surface area contributed by atoms with Gasteiger partial charge in [0.1, 0.15) is 17.5 Å². The molecular weight excluding hydrogens is 294 g/mol. The van der Waals surface area contributed by atoms with Crippen molar-refractivity contribution in [3.63, 3.8) is 0 Å². The lowest BCUT2D eigenvalue weighted by molar-refractivity contribution is 0.409. The number of hydrogen-bond donors (Lipinski definition) is 0. The molecule has 0 radical (unpaired) electrons. The van der Waals surface area contributed by atoms with Crippen LogP contribution in [0.3, 0.4) is 0 Å². The molecule has 1 aromatic heterocycles. The maximum Gasteiger partial charge on any atom is 0.149 e. The van der Waals surface area contributed by atoms with Crippen molar-refractivity contribution in [1.82, 2.24) is 9.97 Å². The van der Waals surface area contributed by atoms with E-state index >= 15 is 0 Å².